The summed E-state index contributed by atoms with van der Waals surface area (Å²) in [7, 11) is -3.63. The number of nitrogens with zero attached hydrogens (tertiary/aromatic N) is 3. The van der Waals surface area contributed by atoms with Crippen LogP contribution in [0.2, 0.25) is 0 Å². The fraction of sp³-hybridized carbons (Fsp3) is 0.211. The van der Waals surface area contributed by atoms with Crippen molar-refractivity contribution in [2.24, 2.45) is 0 Å². The fourth-order valence-corrected chi connectivity index (χ4v) is 3.83. The largest absolute Gasteiger partial charge is 0.398 e. The quantitative estimate of drug-likeness (QED) is 0.584. The molecule has 0 amide bonds. The molecule has 1 heterocycles. The monoisotopic (exact) mass is 369 g/mol. The van der Waals surface area contributed by atoms with E-state index in [-0.39, 0.29) is 18.8 Å². The van der Waals surface area contributed by atoms with E-state index in [4.69, 9.17) is 9.05 Å². The van der Waals surface area contributed by atoms with Crippen LogP contribution in [0.4, 0.5) is 0 Å². The van der Waals surface area contributed by atoms with Crippen LogP contribution in [0.3, 0.4) is 0 Å². The molecule has 134 valence electrons. The topological polar surface area (TPSA) is 74.2 Å². The Bertz CT molecular complexity index is 837. The maximum atomic E-state index is 13.2. The summed E-state index contributed by atoms with van der Waals surface area (Å²) in [5.74, 6) is 0.850. The molecule has 6 nitrogen and oxygen atoms in total. The molecule has 0 saturated heterocycles. The first-order chi connectivity index (χ1) is 12.7. The highest BCUT2D eigenvalue weighted by Gasteiger charge is 2.32. The summed E-state index contributed by atoms with van der Waals surface area (Å²) >= 11 is 0. The number of hydrogen-bond acceptors (Lipinski definition) is 6. The second kappa shape index (κ2) is 8.32. The fourth-order valence-electron chi connectivity index (χ4n) is 2.41. The van der Waals surface area contributed by atoms with Crippen molar-refractivity contribution < 1.29 is 13.6 Å². The molecule has 0 aliphatic heterocycles. The molecule has 0 aliphatic carbocycles. The van der Waals surface area contributed by atoms with Gasteiger partial charge in [-0.1, -0.05) is 60.7 Å². The highest BCUT2D eigenvalue weighted by atomic mass is 31.2. The molecule has 0 N–H and O–H groups in total. The molecule has 0 radical (unpaired) electrons. The zero-order valence-electron chi connectivity index (χ0n) is 14.7. The van der Waals surface area contributed by atoms with E-state index in [1.54, 1.807) is 13.8 Å². The Labute approximate surface area is 152 Å². The highest BCUT2D eigenvalue weighted by molar-refractivity contribution is 7.61. The Morgan fingerprint density at radius 3 is 1.54 bits per heavy atom. The smallest absolute Gasteiger partial charge is 0.303 e. The van der Waals surface area contributed by atoms with Crippen molar-refractivity contribution in [1.82, 2.24) is 15.0 Å². The maximum Gasteiger partial charge on any atom is 0.398 e. The van der Waals surface area contributed by atoms with Crippen LogP contribution in [0.15, 0.2) is 60.7 Å². The van der Waals surface area contributed by atoms with Gasteiger partial charge in [0, 0.05) is 11.1 Å². The van der Waals surface area contributed by atoms with Gasteiger partial charge in [0.25, 0.3) is 0 Å². The average molecular weight is 369 g/mol. The van der Waals surface area contributed by atoms with E-state index >= 15 is 0 Å². The molecule has 7 heteroatoms. The molecule has 0 fully saturated rings. The first kappa shape index (κ1) is 18.4. The van der Waals surface area contributed by atoms with Crippen molar-refractivity contribution in [3.63, 3.8) is 0 Å². The van der Waals surface area contributed by atoms with Crippen LogP contribution in [0.5, 0.6) is 0 Å². The van der Waals surface area contributed by atoms with Crippen molar-refractivity contribution >= 4 is 13.2 Å². The van der Waals surface area contributed by atoms with Crippen LogP contribution >= 0.6 is 7.60 Å². The standard InChI is InChI=1S/C19H20N3O3P/c1-3-24-26(23,25-4-2)19-21-17(15-11-7-5-8-12-15)20-18(22-19)16-13-9-6-10-14-16/h5-14H,3-4H2,1-2H3. The Morgan fingerprint density at radius 1 is 0.731 bits per heavy atom. The highest BCUT2D eigenvalue weighted by Crippen LogP contribution is 2.45. The van der Waals surface area contributed by atoms with Crippen LogP contribution < -0.4 is 5.57 Å². The summed E-state index contributed by atoms with van der Waals surface area (Å²) in [6.45, 7) is 3.96. The van der Waals surface area contributed by atoms with Gasteiger partial charge in [-0.15, -0.1) is 0 Å². The molecular weight excluding hydrogens is 349 g/mol. The molecule has 26 heavy (non-hydrogen) atoms. The van der Waals surface area contributed by atoms with Gasteiger partial charge in [0.05, 0.1) is 13.2 Å². The molecule has 3 rings (SSSR count). The zero-order chi connectivity index (χ0) is 18.4. The minimum atomic E-state index is -3.63. The first-order valence-electron chi connectivity index (χ1n) is 8.43. The van der Waals surface area contributed by atoms with Crippen molar-refractivity contribution in [3.05, 3.63) is 60.7 Å². The van der Waals surface area contributed by atoms with Gasteiger partial charge in [-0.05, 0) is 13.8 Å². The van der Waals surface area contributed by atoms with E-state index in [9.17, 15) is 4.57 Å². The summed E-state index contributed by atoms with van der Waals surface area (Å²) in [6.07, 6.45) is 0. The van der Waals surface area contributed by atoms with Gasteiger partial charge in [-0.3, -0.25) is 4.57 Å². The third-order valence-electron chi connectivity index (χ3n) is 3.53. The Balaban J connectivity index is 2.19. The summed E-state index contributed by atoms with van der Waals surface area (Å²) < 4.78 is 24.0. The summed E-state index contributed by atoms with van der Waals surface area (Å²) in [5.41, 5.74) is 1.62. The molecule has 2 aromatic carbocycles. The molecule has 0 atom stereocenters. The van der Waals surface area contributed by atoms with E-state index in [2.05, 4.69) is 15.0 Å². The van der Waals surface area contributed by atoms with Gasteiger partial charge in [0.15, 0.2) is 11.6 Å². The number of aromatic nitrogens is 3. The second-order valence-electron chi connectivity index (χ2n) is 5.35. The molecule has 1 aromatic heterocycles. The Kier molecular flexibility index (Phi) is 5.89. The van der Waals surface area contributed by atoms with E-state index < -0.39 is 7.60 Å². The molecule has 0 aliphatic rings. The predicted octanol–water partition coefficient (Wildman–Crippen LogP) is 4.10. The van der Waals surface area contributed by atoms with Crippen molar-refractivity contribution in [3.8, 4) is 22.8 Å². The van der Waals surface area contributed by atoms with E-state index in [1.165, 1.54) is 0 Å². The molecular formula is C19H20N3O3P. The lowest BCUT2D eigenvalue weighted by atomic mass is 10.2. The van der Waals surface area contributed by atoms with Crippen molar-refractivity contribution in [1.29, 1.82) is 0 Å². The molecule has 0 spiro atoms. The summed E-state index contributed by atoms with van der Waals surface area (Å²) in [5, 5.41) is 0. The molecule has 0 bridgehead atoms. The molecule has 3 aromatic rings. The van der Waals surface area contributed by atoms with Crippen LogP contribution in [-0.2, 0) is 13.6 Å². The summed E-state index contributed by atoms with van der Waals surface area (Å²) in [4.78, 5) is 13.4. The van der Waals surface area contributed by atoms with Gasteiger partial charge >= 0.3 is 7.60 Å². The minimum absolute atomic E-state index is 0.0221. The van der Waals surface area contributed by atoms with E-state index in [1.807, 2.05) is 60.7 Å². The zero-order valence-corrected chi connectivity index (χ0v) is 15.6. The van der Waals surface area contributed by atoms with Gasteiger partial charge in [0.1, 0.15) is 0 Å². The van der Waals surface area contributed by atoms with Crippen LogP contribution in [0, 0.1) is 0 Å². The maximum absolute atomic E-state index is 13.2. The van der Waals surface area contributed by atoms with Gasteiger partial charge in [-0.25, -0.2) is 15.0 Å². The molecule has 0 saturated carbocycles. The lowest BCUT2D eigenvalue weighted by Gasteiger charge is -2.16. The SMILES string of the molecule is CCOP(=O)(OCC)c1nc(-c2ccccc2)nc(-c2ccccc2)n1. The summed E-state index contributed by atoms with van der Waals surface area (Å²) in [6, 6.07) is 19.0. The Morgan fingerprint density at radius 2 is 1.15 bits per heavy atom. The number of rotatable bonds is 7. The van der Waals surface area contributed by atoms with Gasteiger partial charge < -0.3 is 9.05 Å². The van der Waals surface area contributed by atoms with Crippen LogP contribution in [-0.4, -0.2) is 28.2 Å². The Hall–Kier alpha value is -2.40. The van der Waals surface area contributed by atoms with Crippen molar-refractivity contribution in [2.45, 2.75) is 13.8 Å². The third kappa shape index (κ3) is 4.05. The van der Waals surface area contributed by atoms with E-state index in [0.29, 0.717) is 11.6 Å². The molecule has 0 unspecified atom stereocenters. The van der Waals surface area contributed by atoms with Gasteiger partial charge in [-0.2, -0.15) is 0 Å². The van der Waals surface area contributed by atoms with Crippen molar-refractivity contribution in [2.75, 3.05) is 13.2 Å². The number of benzene rings is 2. The minimum Gasteiger partial charge on any atom is -0.303 e. The lowest BCUT2D eigenvalue weighted by Crippen LogP contribution is -2.21. The van der Waals surface area contributed by atoms with E-state index in [0.717, 1.165) is 11.1 Å². The van der Waals surface area contributed by atoms with Crippen LogP contribution in [0.25, 0.3) is 22.8 Å². The normalized spacial score (nSPS) is 11.5. The average Bonchev–Trinajstić information content (AvgIpc) is 2.69. The predicted molar refractivity (Wildman–Crippen MR) is 101 cm³/mol. The van der Waals surface area contributed by atoms with Crippen LogP contribution in [0.1, 0.15) is 13.8 Å². The first-order valence-corrected chi connectivity index (χ1v) is 9.97. The third-order valence-corrected chi connectivity index (χ3v) is 5.42. The van der Waals surface area contributed by atoms with Gasteiger partial charge in [0.2, 0.25) is 5.57 Å². The number of hydrogen-bond donors (Lipinski definition) is 0. The second-order valence-corrected chi connectivity index (χ2v) is 7.26. The lowest BCUT2D eigenvalue weighted by molar-refractivity contribution is 0.228.